The summed E-state index contributed by atoms with van der Waals surface area (Å²) in [6.07, 6.45) is 0.785. The maximum absolute atomic E-state index is 12.5. The van der Waals surface area contributed by atoms with Crippen molar-refractivity contribution in [3.05, 3.63) is 35.9 Å². The van der Waals surface area contributed by atoms with Gasteiger partial charge >= 0.3 is 12.1 Å². The fourth-order valence-electron chi connectivity index (χ4n) is 3.10. The highest BCUT2D eigenvalue weighted by Gasteiger charge is 2.36. The highest BCUT2D eigenvalue weighted by Crippen LogP contribution is 2.28. The molecule has 1 aliphatic heterocycles. The maximum atomic E-state index is 12.5. The van der Waals surface area contributed by atoms with Crippen LogP contribution in [-0.4, -0.2) is 37.4 Å². The fraction of sp³-hybridized carbons (Fsp3) is 0.556. The number of methoxy groups -OCH3 is 1. The third kappa shape index (κ3) is 5.23. The lowest BCUT2D eigenvalue weighted by Gasteiger charge is -2.35. The number of amides is 1. The summed E-state index contributed by atoms with van der Waals surface area (Å²) in [5.74, 6) is -0.498. The number of nitrogens with one attached hydrogen (secondary N) is 1. The second-order valence-corrected chi connectivity index (χ2v) is 6.20. The molecule has 0 saturated carbocycles. The summed E-state index contributed by atoms with van der Waals surface area (Å²) in [4.78, 5) is 24.2. The lowest BCUT2D eigenvalue weighted by Crippen LogP contribution is -2.50. The first-order valence-corrected chi connectivity index (χ1v) is 8.20. The Balaban J connectivity index is 2.03. The van der Waals surface area contributed by atoms with Crippen molar-refractivity contribution in [3.63, 3.8) is 0 Å². The minimum Gasteiger partial charge on any atom is -0.459 e. The fourth-order valence-corrected chi connectivity index (χ4v) is 3.10. The molecule has 0 aromatic heterocycles. The molecule has 4 atom stereocenters. The van der Waals surface area contributed by atoms with Gasteiger partial charge < -0.3 is 19.5 Å². The van der Waals surface area contributed by atoms with Crippen molar-refractivity contribution < 1.29 is 23.8 Å². The van der Waals surface area contributed by atoms with Gasteiger partial charge in [0, 0.05) is 0 Å². The zero-order chi connectivity index (χ0) is 17.5. The second-order valence-electron chi connectivity index (χ2n) is 6.20. The molecule has 1 aromatic rings. The highest BCUT2D eigenvalue weighted by molar-refractivity contribution is 5.81. The number of alkyl carbamates (subject to hydrolysis) is 1. The van der Waals surface area contributed by atoms with Gasteiger partial charge in [0.1, 0.15) is 12.6 Å². The first-order chi connectivity index (χ1) is 11.5. The molecule has 1 amide bonds. The Bertz CT molecular complexity index is 538. The molecule has 0 unspecified atom stereocenters. The Morgan fingerprint density at radius 3 is 2.42 bits per heavy atom. The van der Waals surface area contributed by atoms with Crippen molar-refractivity contribution in [1.29, 1.82) is 0 Å². The van der Waals surface area contributed by atoms with Crippen LogP contribution in [0.1, 0.15) is 32.3 Å². The van der Waals surface area contributed by atoms with E-state index in [-0.39, 0.29) is 24.7 Å². The lowest BCUT2D eigenvalue weighted by atomic mass is 9.86. The minimum atomic E-state index is -0.741. The largest absolute Gasteiger partial charge is 0.459 e. The number of rotatable bonds is 5. The van der Waals surface area contributed by atoms with Gasteiger partial charge in [-0.15, -0.1) is 0 Å². The molecule has 24 heavy (non-hydrogen) atoms. The van der Waals surface area contributed by atoms with Crippen LogP contribution in [0.15, 0.2) is 30.3 Å². The molecule has 0 spiro atoms. The van der Waals surface area contributed by atoms with E-state index in [1.54, 1.807) is 0 Å². The van der Waals surface area contributed by atoms with E-state index in [1.807, 2.05) is 44.2 Å². The highest BCUT2D eigenvalue weighted by atomic mass is 16.5. The summed E-state index contributed by atoms with van der Waals surface area (Å²) in [5.41, 5.74) is 0.899. The van der Waals surface area contributed by atoms with Crippen molar-refractivity contribution in [2.75, 3.05) is 7.11 Å². The molecule has 1 heterocycles. The molecule has 0 aliphatic carbocycles. The monoisotopic (exact) mass is 335 g/mol. The first kappa shape index (κ1) is 18.3. The third-order valence-corrected chi connectivity index (χ3v) is 4.14. The SMILES string of the molecule is COC(=O)N[C@@H](C(=O)OCc1ccccc1)[C@H]1C[C@@H](C)O[C@@H](C)C1. The number of hydrogen-bond acceptors (Lipinski definition) is 5. The molecular formula is C18H25NO5. The Morgan fingerprint density at radius 2 is 1.83 bits per heavy atom. The summed E-state index contributed by atoms with van der Waals surface area (Å²) in [6, 6.07) is 8.70. The summed E-state index contributed by atoms with van der Waals surface area (Å²) in [7, 11) is 1.27. The molecule has 2 rings (SSSR count). The van der Waals surface area contributed by atoms with Crippen LogP contribution >= 0.6 is 0 Å². The normalized spacial score (nSPS) is 24.7. The van der Waals surface area contributed by atoms with Crippen molar-refractivity contribution >= 4 is 12.1 Å². The molecule has 0 radical (unpaired) electrons. The standard InChI is InChI=1S/C18H25NO5/c1-12-9-15(10-13(2)24-12)16(19-18(21)22-3)17(20)23-11-14-7-5-4-6-8-14/h4-8,12-13,15-16H,9-11H2,1-3H3,(H,19,21)/t12-,13+,15+,16-/m1/s1. The van der Waals surface area contributed by atoms with Gasteiger partial charge in [0.05, 0.1) is 19.3 Å². The average molecular weight is 335 g/mol. The summed E-state index contributed by atoms with van der Waals surface area (Å²) >= 11 is 0. The summed E-state index contributed by atoms with van der Waals surface area (Å²) < 4.78 is 15.8. The number of benzene rings is 1. The van der Waals surface area contributed by atoms with E-state index in [9.17, 15) is 9.59 Å². The molecule has 1 saturated heterocycles. The van der Waals surface area contributed by atoms with Crippen LogP contribution < -0.4 is 5.32 Å². The second kappa shape index (κ2) is 8.68. The van der Waals surface area contributed by atoms with Gasteiger partial charge in [-0.2, -0.15) is 0 Å². The van der Waals surface area contributed by atoms with Gasteiger partial charge in [-0.25, -0.2) is 9.59 Å². The molecule has 1 aliphatic rings. The number of carbonyl (C=O) groups excluding carboxylic acids is 2. The summed E-state index contributed by atoms with van der Waals surface area (Å²) in [5, 5.41) is 2.62. The number of carbonyl (C=O) groups is 2. The van der Waals surface area contributed by atoms with E-state index in [2.05, 4.69) is 10.1 Å². The van der Waals surface area contributed by atoms with E-state index < -0.39 is 18.1 Å². The molecule has 0 bridgehead atoms. The quantitative estimate of drug-likeness (QED) is 0.838. The Labute approximate surface area is 142 Å². The van der Waals surface area contributed by atoms with E-state index in [0.29, 0.717) is 12.8 Å². The molecule has 6 heteroatoms. The summed E-state index contributed by atoms with van der Waals surface area (Å²) in [6.45, 7) is 4.10. The van der Waals surface area contributed by atoms with Crippen LogP contribution in [0.3, 0.4) is 0 Å². The molecule has 132 valence electrons. The van der Waals surface area contributed by atoms with E-state index >= 15 is 0 Å². The lowest BCUT2D eigenvalue weighted by molar-refractivity contribution is -0.151. The zero-order valence-electron chi connectivity index (χ0n) is 14.4. The van der Waals surface area contributed by atoms with E-state index in [1.165, 1.54) is 7.11 Å². The van der Waals surface area contributed by atoms with Crippen LogP contribution in [-0.2, 0) is 25.6 Å². The van der Waals surface area contributed by atoms with Crippen molar-refractivity contribution in [1.82, 2.24) is 5.32 Å². The van der Waals surface area contributed by atoms with Crippen LogP contribution in [0, 0.1) is 5.92 Å². The van der Waals surface area contributed by atoms with E-state index in [4.69, 9.17) is 9.47 Å². The predicted molar refractivity (Wildman–Crippen MR) is 88.3 cm³/mol. The van der Waals surface area contributed by atoms with Crippen LogP contribution in [0.2, 0.25) is 0 Å². The smallest absolute Gasteiger partial charge is 0.407 e. The average Bonchev–Trinajstić information content (AvgIpc) is 2.57. The maximum Gasteiger partial charge on any atom is 0.407 e. The van der Waals surface area contributed by atoms with Gasteiger partial charge in [-0.1, -0.05) is 30.3 Å². The van der Waals surface area contributed by atoms with Crippen LogP contribution in [0.4, 0.5) is 4.79 Å². The number of hydrogen-bond donors (Lipinski definition) is 1. The van der Waals surface area contributed by atoms with Gasteiger partial charge in [0.2, 0.25) is 0 Å². The van der Waals surface area contributed by atoms with Crippen LogP contribution in [0.25, 0.3) is 0 Å². The van der Waals surface area contributed by atoms with Crippen molar-refractivity contribution in [3.8, 4) is 0 Å². The molecule has 6 nitrogen and oxygen atoms in total. The topological polar surface area (TPSA) is 73.9 Å². The Morgan fingerprint density at radius 1 is 1.21 bits per heavy atom. The Kier molecular flexibility index (Phi) is 6.61. The van der Waals surface area contributed by atoms with E-state index in [0.717, 1.165) is 5.56 Å². The minimum absolute atomic E-state index is 0.0302. The van der Waals surface area contributed by atoms with Crippen LogP contribution in [0.5, 0.6) is 0 Å². The Hall–Kier alpha value is -2.08. The van der Waals surface area contributed by atoms with Gasteiger partial charge in [0.25, 0.3) is 0 Å². The molecular weight excluding hydrogens is 310 g/mol. The van der Waals surface area contributed by atoms with Gasteiger partial charge in [0.15, 0.2) is 0 Å². The van der Waals surface area contributed by atoms with Gasteiger partial charge in [-0.3, -0.25) is 0 Å². The predicted octanol–water partition coefficient (Wildman–Crippen LogP) is 2.66. The first-order valence-electron chi connectivity index (χ1n) is 8.20. The third-order valence-electron chi connectivity index (χ3n) is 4.14. The molecule has 1 fully saturated rings. The molecule has 1 aromatic carbocycles. The number of ether oxygens (including phenoxy) is 3. The zero-order valence-corrected chi connectivity index (χ0v) is 14.4. The van der Waals surface area contributed by atoms with Crippen molar-refractivity contribution in [2.45, 2.75) is 51.5 Å². The van der Waals surface area contributed by atoms with Gasteiger partial charge in [-0.05, 0) is 38.2 Å². The van der Waals surface area contributed by atoms with Crippen molar-refractivity contribution in [2.24, 2.45) is 5.92 Å². The molecule has 1 N–H and O–H groups in total. The number of esters is 1.